The van der Waals surface area contributed by atoms with E-state index in [0.29, 0.717) is 28.2 Å². The molecule has 5 nitrogen and oxygen atoms in total. The molecular formula is C22H15N3O2. The maximum atomic E-state index is 11.7. The van der Waals surface area contributed by atoms with Crippen LogP contribution in [0.5, 0.6) is 0 Å². The van der Waals surface area contributed by atoms with Crippen LogP contribution >= 0.6 is 0 Å². The molecule has 0 aliphatic rings. The lowest BCUT2D eigenvalue weighted by atomic mass is 9.85. The van der Waals surface area contributed by atoms with Gasteiger partial charge in [0.2, 0.25) is 0 Å². The van der Waals surface area contributed by atoms with Gasteiger partial charge in [-0.2, -0.15) is 5.26 Å². The minimum Gasteiger partial charge on any atom is -0.457 e. The van der Waals surface area contributed by atoms with E-state index in [1.165, 1.54) is 6.33 Å². The van der Waals surface area contributed by atoms with Gasteiger partial charge < -0.3 is 9.52 Å². The van der Waals surface area contributed by atoms with Crippen LogP contribution in [0.1, 0.15) is 22.5 Å². The van der Waals surface area contributed by atoms with Gasteiger partial charge in [0.25, 0.3) is 0 Å². The van der Waals surface area contributed by atoms with Crippen molar-refractivity contribution in [1.82, 2.24) is 9.97 Å². The van der Waals surface area contributed by atoms with Crippen LogP contribution in [0.3, 0.4) is 0 Å². The lowest BCUT2D eigenvalue weighted by molar-refractivity contribution is 0.0990. The molecule has 5 heteroatoms. The molecule has 0 bridgehead atoms. The van der Waals surface area contributed by atoms with Crippen LogP contribution in [-0.4, -0.2) is 15.1 Å². The number of aromatic nitrogens is 2. The molecule has 1 N–H and O–H groups in total. The Morgan fingerprint density at radius 2 is 1.56 bits per heavy atom. The number of nitriles is 1. The minimum absolute atomic E-state index is 0.348. The number of hydrogen-bond acceptors (Lipinski definition) is 5. The third-order valence-corrected chi connectivity index (χ3v) is 4.43. The quantitative estimate of drug-likeness (QED) is 0.602. The molecule has 27 heavy (non-hydrogen) atoms. The lowest BCUT2D eigenvalue weighted by Gasteiger charge is -2.26. The molecule has 0 radical (unpaired) electrons. The van der Waals surface area contributed by atoms with Gasteiger partial charge in [0.1, 0.15) is 17.8 Å². The molecule has 4 aromatic rings. The van der Waals surface area contributed by atoms with Crippen molar-refractivity contribution >= 4 is 0 Å². The highest BCUT2D eigenvalue weighted by Gasteiger charge is 2.38. The molecule has 2 aromatic heterocycles. The normalized spacial score (nSPS) is 12.9. The van der Waals surface area contributed by atoms with E-state index in [2.05, 4.69) is 16.0 Å². The molecular weight excluding hydrogens is 338 g/mol. The van der Waals surface area contributed by atoms with Gasteiger partial charge in [-0.3, -0.25) is 0 Å². The highest BCUT2D eigenvalue weighted by molar-refractivity contribution is 5.58. The van der Waals surface area contributed by atoms with Crippen molar-refractivity contribution in [3.05, 3.63) is 108 Å². The molecule has 1 unspecified atom stereocenters. The number of benzene rings is 2. The average molecular weight is 353 g/mol. The average Bonchev–Trinajstić information content (AvgIpc) is 3.25. The molecule has 0 fully saturated rings. The van der Waals surface area contributed by atoms with Crippen LogP contribution in [0, 0.1) is 11.3 Å². The maximum Gasteiger partial charge on any atom is 0.176 e. The van der Waals surface area contributed by atoms with Gasteiger partial charge in [0.15, 0.2) is 5.60 Å². The number of hydrogen-bond donors (Lipinski definition) is 1. The maximum absolute atomic E-state index is 11.7. The van der Waals surface area contributed by atoms with Gasteiger partial charge in [-0.1, -0.05) is 42.5 Å². The summed E-state index contributed by atoms with van der Waals surface area (Å²) in [6, 6.07) is 22.0. The Hall–Kier alpha value is -3.75. The zero-order valence-electron chi connectivity index (χ0n) is 14.3. The molecule has 0 amide bonds. The molecule has 0 saturated carbocycles. The molecule has 1 atom stereocenters. The summed E-state index contributed by atoms with van der Waals surface area (Å²) < 4.78 is 6.03. The number of rotatable bonds is 4. The third kappa shape index (κ3) is 2.99. The van der Waals surface area contributed by atoms with E-state index in [4.69, 9.17) is 9.68 Å². The smallest absolute Gasteiger partial charge is 0.176 e. The Morgan fingerprint density at radius 1 is 0.852 bits per heavy atom. The second-order valence-electron chi connectivity index (χ2n) is 6.06. The predicted octanol–water partition coefficient (Wildman–Crippen LogP) is 3.89. The second kappa shape index (κ2) is 6.87. The highest BCUT2D eigenvalue weighted by atomic mass is 16.4. The number of aliphatic hydroxyl groups is 1. The first kappa shape index (κ1) is 16.7. The first-order valence-electron chi connectivity index (χ1n) is 8.36. The SMILES string of the molecule is N#Cc1ccc(C(O)(c2cncnc2)c2ccc(-c3ccccc3)o2)cc1. The summed E-state index contributed by atoms with van der Waals surface area (Å²) in [4.78, 5) is 8.07. The number of furan rings is 1. The Balaban J connectivity index is 1.86. The number of nitrogens with zero attached hydrogens (tertiary/aromatic N) is 3. The molecule has 0 spiro atoms. The van der Waals surface area contributed by atoms with Crippen molar-refractivity contribution in [2.45, 2.75) is 5.60 Å². The summed E-state index contributed by atoms with van der Waals surface area (Å²) >= 11 is 0. The van der Waals surface area contributed by atoms with Gasteiger partial charge in [-0.05, 0) is 29.8 Å². The Bertz CT molecular complexity index is 1080. The molecule has 2 heterocycles. The summed E-state index contributed by atoms with van der Waals surface area (Å²) in [5.41, 5.74) is 0.876. The first-order valence-corrected chi connectivity index (χ1v) is 8.36. The fourth-order valence-corrected chi connectivity index (χ4v) is 3.01. The summed E-state index contributed by atoms with van der Waals surface area (Å²) in [5.74, 6) is 0.996. The van der Waals surface area contributed by atoms with E-state index in [0.717, 1.165) is 5.56 Å². The van der Waals surface area contributed by atoms with E-state index in [1.807, 2.05) is 36.4 Å². The van der Waals surface area contributed by atoms with Gasteiger partial charge in [0, 0.05) is 23.5 Å². The summed E-state index contributed by atoms with van der Waals surface area (Å²) in [5, 5.41) is 20.7. The first-order chi connectivity index (χ1) is 13.2. The zero-order valence-corrected chi connectivity index (χ0v) is 14.3. The van der Waals surface area contributed by atoms with Crippen LogP contribution in [0.4, 0.5) is 0 Å². The Morgan fingerprint density at radius 3 is 2.22 bits per heavy atom. The largest absolute Gasteiger partial charge is 0.457 e. The Kier molecular flexibility index (Phi) is 4.25. The van der Waals surface area contributed by atoms with E-state index in [1.54, 1.807) is 42.7 Å². The van der Waals surface area contributed by atoms with Crippen molar-refractivity contribution in [3.63, 3.8) is 0 Å². The van der Waals surface area contributed by atoms with Crippen molar-refractivity contribution in [3.8, 4) is 17.4 Å². The van der Waals surface area contributed by atoms with E-state index in [-0.39, 0.29) is 0 Å². The third-order valence-electron chi connectivity index (χ3n) is 4.43. The van der Waals surface area contributed by atoms with E-state index >= 15 is 0 Å². The summed E-state index contributed by atoms with van der Waals surface area (Å²) in [6.45, 7) is 0. The van der Waals surface area contributed by atoms with E-state index in [9.17, 15) is 5.11 Å². The van der Waals surface area contributed by atoms with Crippen molar-refractivity contribution in [1.29, 1.82) is 5.26 Å². The molecule has 2 aromatic carbocycles. The van der Waals surface area contributed by atoms with Crippen LogP contribution in [0.25, 0.3) is 11.3 Å². The Labute approximate surface area is 156 Å². The summed E-state index contributed by atoms with van der Waals surface area (Å²) in [6.07, 6.45) is 4.51. The van der Waals surface area contributed by atoms with Crippen molar-refractivity contribution < 1.29 is 9.52 Å². The molecule has 0 aliphatic carbocycles. The predicted molar refractivity (Wildman–Crippen MR) is 99.4 cm³/mol. The monoisotopic (exact) mass is 353 g/mol. The van der Waals surface area contributed by atoms with Gasteiger partial charge in [-0.25, -0.2) is 9.97 Å². The second-order valence-corrected chi connectivity index (χ2v) is 6.06. The van der Waals surface area contributed by atoms with Crippen molar-refractivity contribution in [2.24, 2.45) is 0 Å². The minimum atomic E-state index is -1.58. The summed E-state index contributed by atoms with van der Waals surface area (Å²) in [7, 11) is 0. The van der Waals surface area contributed by atoms with Gasteiger partial charge >= 0.3 is 0 Å². The fraction of sp³-hybridized carbons (Fsp3) is 0.0455. The molecule has 4 rings (SSSR count). The zero-order chi connectivity index (χ0) is 18.7. The van der Waals surface area contributed by atoms with Crippen LogP contribution in [-0.2, 0) is 5.60 Å². The van der Waals surface area contributed by atoms with Crippen LogP contribution in [0.2, 0.25) is 0 Å². The van der Waals surface area contributed by atoms with Crippen LogP contribution in [0.15, 0.2) is 89.9 Å². The van der Waals surface area contributed by atoms with Crippen molar-refractivity contribution in [2.75, 3.05) is 0 Å². The highest BCUT2D eigenvalue weighted by Crippen LogP contribution is 2.38. The lowest BCUT2D eigenvalue weighted by Crippen LogP contribution is -2.28. The molecule has 130 valence electrons. The molecule has 0 saturated heterocycles. The van der Waals surface area contributed by atoms with Gasteiger partial charge in [-0.15, -0.1) is 0 Å². The van der Waals surface area contributed by atoms with Crippen LogP contribution < -0.4 is 0 Å². The fourth-order valence-electron chi connectivity index (χ4n) is 3.01. The topological polar surface area (TPSA) is 82.9 Å². The molecule has 0 aliphatic heterocycles. The van der Waals surface area contributed by atoms with Gasteiger partial charge in [0.05, 0.1) is 11.6 Å². The standard InChI is InChI=1S/C22H15N3O2/c23-12-16-6-8-18(9-7-16)22(26,19-13-24-15-25-14-19)21-11-10-20(27-21)17-4-2-1-3-5-17/h1-11,13-15,26H. The van der Waals surface area contributed by atoms with E-state index < -0.39 is 5.60 Å².